The van der Waals surface area contributed by atoms with E-state index in [-0.39, 0.29) is 11.9 Å². The van der Waals surface area contributed by atoms with Crippen molar-refractivity contribution in [2.24, 2.45) is 0 Å². The van der Waals surface area contributed by atoms with E-state index in [0.717, 1.165) is 16.7 Å². The predicted molar refractivity (Wildman–Crippen MR) is 79.0 cm³/mol. The first-order valence-electron chi connectivity index (χ1n) is 6.63. The van der Waals surface area contributed by atoms with Crippen LogP contribution in [0.1, 0.15) is 32.0 Å². The van der Waals surface area contributed by atoms with E-state index in [9.17, 15) is 4.79 Å². The molecule has 108 valence electrons. The molecule has 0 aliphatic carbocycles. The van der Waals surface area contributed by atoms with Crippen LogP contribution in [-0.4, -0.2) is 25.5 Å². The topological polar surface area (TPSA) is 64.7 Å². The van der Waals surface area contributed by atoms with Crippen molar-refractivity contribution in [3.8, 4) is 0 Å². The first-order chi connectivity index (χ1) is 9.65. The Morgan fingerprint density at radius 1 is 1.45 bits per heavy atom. The van der Waals surface area contributed by atoms with Crippen LogP contribution in [0.2, 0.25) is 0 Å². The van der Waals surface area contributed by atoms with Crippen LogP contribution in [0.3, 0.4) is 0 Å². The number of carbonyl (C=O) groups excluding carboxylic acids is 1. The van der Waals surface area contributed by atoms with Gasteiger partial charge in [-0.05, 0) is 35.3 Å². The summed E-state index contributed by atoms with van der Waals surface area (Å²) in [4.78, 5) is 12.3. The minimum absolute atomic E-state index is 0.0352. The third kappa shape index (κ3) is 3.27. The highest BCUT2D eigenvalue weighted by Crippen LogP contribution is 2.15. The highest BCUT2D eigenvalue weighted by molar-refractivity contribution is 9.10. The Morgan fingerprint density at radius 2 is 2.25 bits per heavy atom. The van der Waals surface area contributed by atoms with Gasteiger partial charge >= 0.3 is 0 Å². The maximum atomic E-state index is 12.3. The lowest BCUT2D eigenvalue weighted by molar-refractivity contribution is -0.124. The van der Waals surface area contributed by atoms with Crippen molar-refractivity contribution in [1.29, 1.82) is 0 Å². The number of carbonyl (C=O) groups is 1. The summed E-state index contributed by atoms with van der Waals surface area (Å²) in [6.45, 7) is 5.26. The Kier molecular flexibility index (Phi) is 4.94. The van der Waals surface area contributed by atoms with E-state index in [4.69, 9.17) is 0 Å². The molecule has 2 heterocycles. The summed E-state index contributed by atoms with van der Waals surface area (Å²) < 4.78 is 4.41. The molecule has 7 heteroatoms. The fourth-order valence-electron chi connectivity index (χ4n) is 2.07. The van der Waals surface area contributed by atoms with Crippen LogP contribution in [0, 0.1) is 0 Å². The Morgan fingerprint density at radius 3 is 2.85 bits per heavy atom. The molecule has 0 saturated carbocycles. The summed E-state index contributed by atoms with van der Waals surface area (Å²) in [6.07, 6.45) is 5.92. The van der Waals surface area contributed by atoms with Crippen molar-refractivity contribution < 1.29 is 4.79 Å². The maximum Gasteiger partial charge on any atom is 0.245 e. The third-order valence-corrected chi connectivity index (χ3v) is 3.54. The molecule has 2 aromatic heterocycles. The molecule has 1 N–H and O–H groups in total. The lowest BCUT2D eigenvalue weighted by Gasteiger charge is -2.15. The van der Waals surface area contributed by atoms with Gasteiger partial charge in [0, 0.05) is 18.9 Å². The van der Waals surface area contributed by atoms with Crippen LogP contribution in [0.25, 0.3) is 0 Å². The van der Waals surface area contributed by atoms with Gasteiger partial charge < -0.3 is 5.32 Å². The summed E-state index contributed by atoms with van der Waals surface area (Å²) in [7, 11) is 0. The quantitative estimate of drug-likeness (QED) is 0.876. The highest BCUT2D eigenvalue weighted by atomic mass is 79.9. The van der Waals surface area contributed by atoms with Crippen LogP contribution in [-0.2, 0) is 17.9 Å². The number of aryl methyl sites for hydroxylation is 1. The second-order valence-electron chi connectivity index (χ2n) is 4.42. The molecule has 0 aliphatic rings. The molecule has 2 rings (SSSR count). The standard InChI is InChI=1S/C13H18BrN5O/c1-3-12(19-9-10(14)7-17-19)13(20)15-8-11-5-6-16-18(11)4-2/h5-7,9,12H,3-4,8H2,1-2H3,(H,15,20). The molecule has 1 amide bonds. The summed E-state index contributed by atoms with van der Waals surface area (Å²) in [5.74, 6) is -0.0352. The number of hydrogen-bond donors (Lipinski definition) is 1. The van der Waals surface area contributed by atoms with Gasteiger partial charge in [-0.2, -0.15) is 10.2 Å². The molecule has 1 unspecified atom stereocenters. The van der Waals surface area contributed by atoms with Gasteiger partial charge in [0.2, 0.25) is 5.91 Å². The highest BCUT2D eigenvalue weighted by Gasteiger charge is 2.19. The van der Waals surface area contributed by atoms with Crippen LogP contribution >= 0.6 is 15.9 Å². The van der Waals surface area contributed by atoms with Crippen molar-refractivity contribution in [3.05, 3.63) is 34.8 Å². The molecule has 0 saturated heterocycles. The van der Waals surface area contributed by atoms with E-state index in [0.29, 0.717) is 13.0 Å². The monoisotopic (exact) mass is 339 g/mol. The van der Waals surface area contributed by atoms with Crippen LogP contribution in [0.5, 0.6) is 0 Å². The number of rotatable bonds is 6. The third-order valence-electron chi connectivity index (χ3n) is 3.13. The molecule has 0 aliphatic heterocycles. The number of nitrogens with one attached hydrogen (secondary N) is 1. The molecule has 20 heavy (non-hydrogen) atoms. The maximum absolute atomic E-state index is 12.3. The number of amides is 1. The minimum Gasteiger partial charge on any atom is -0.349 e. The molecule has 0 spiro atoms. The van der Waals surface area contributed by atoms with E-state index in [1.165, 1.54) is 0 Å². The molecule has 0 fully saturated rings. The van der Waals surface area contributed by atoms with E-state index < -0.39 is 0 Å². The first kappa shape index (κ1) is 14.8. The summed E-state index contributed by atoms with van der Waals surface area (Å²) in [6, 6.07) is 1.62. The molecule has 6 nitrogen and oxygen atoms in total. The van der Waals surface area contributed by atoms with Gasteiger partial charge in [-0.3, -0.25) is 14.2 Å². The SMILES string of the molecule is CCC(C(=O)NCc1ccnn1CC)n1cc(Br)cn1. The largest absolute Gasteiger partial charge is 0.349 e. The number of hydrogen-bond acceptors (Lipinski definition) is 3. The van der Waals surface area contributed by atoms with Gasteiger partial charge in [0.1, 0.15) is 6.04 Å². The van der Waals surface area contributed by atoms with Gasteiger partial charge in [-0.25, -0.2) is 0 Å². The smallest absolute Gasteiger partial charge is 0.245 e. The van der Waals surface area contributed by atoms with Gasteiger partial charge in [-0.1, -0.05) is 6.92 Å². The van der Waals surface area contributed by atoms with E-state index in [1.807, 2.05) is 30.8 Å². The molecular formula is C13H18BrN5O. The minimum atomic E-state index is -0.292. The Bertz CT molecular complexity index is 577. The van der Waals surface area contributed by atoms with E-state index in [2.05, 4.69) is 31.4 Å². The normalized spacial score (nSPS) is 12.3. The van der Waals surface area contributed by atoms with Crippen molar-refractivity contribution in [1.82, 2.24) is 24.9 Å². The predicted octanol–water partition coefficient (Wildman–Crippen LogP) is 2.13. The number of halogens is 1. The lowest BCUT2D eigenvalue weighted by Crippen LogP contribution is -2.32. The van der Waals surface area contributed by atoms with E-state index >= 15 is 0 Å². The Hall–Kier alpha value is -1.63. The molecule has 1 atom stereocenters. The zero-order chi connectivity index (χ0) is 14.5. The second-order valence-corrected chi connectivity index (χ2v) is 5.33. The summed E-state index contributed by atoms with van der Waals surface area (Å²) in [5, 5.41) is 11.3. The molecule has 0 aromatic carbocycles. The second kappa shape index (κ2) is 6.69. The fourth-order valence-corrected chi connectivity index (χ4v) is 2.37. The Balaban J connectivity index is 2.00. The van der Waals surface area contributed by atoms with Crippen LogP contribution < -0.4 is 5.32 Å². The van der Waals surface area contributed by atoms with Gasteiger partial charge in [0.05, 0.1) is 22.9 Å². The van der Waals surface area contributed by atoms with E-state index in [1.54, 1.807) is 17.1 Å². The number of nitrogens with zero attached hydrogens (tertiary/aromatic N) is 4. The zero-order valence-corrected chi connectivity index (χ0v) is 13.2. The number of aromatic nitrogens is 4. The van der Waals surface area contributed by atoms with Gasteiger partial charge in [0.25, 0.3) is 0 Å². The average Bonchev–Trinajstić information content (AvgIpc) is 3.06. The van der Waals surface area contributed by atoms with Gasteiger partial charge in [0.15, 0.2) is 0 Å². The first-order valence-corrected chi connectivity index (χ1v) is 7.43. The zero-order valence-electron chi connectivity index (χ0n) is 11.6. The fraction of sp³-hybridized carbons (Fsp3) is 0.462. The molecular weight excluding hydrogens is 322 g/mol. The molecule has 2 aromatic rings. The van der Waals surface area contributed by atoms with Crippen molar-refractivity contribution in [2.45, 2.75) is 39.4 Å². The lowest BCUT2D eigenvalue weighted by atomic mass is 10.2. The van der Waals surface area contributed by atoms with Gasteiger partial charge in [-0.15, -0.1) is 0 Å². The van der Waals surface area contributed by atoms with Crippen molar-refractivity contribution >= 4 is 21.8 Å². The molecule has 0 bridgehead atoms. The molecule has 0 radical (unpaired) electrons. The average molecular weight is 340 g/mol. The van der Waals surface area contributed by atoms with Crippen molar-refractivity contribution in [2.75, 3.05) is 0 Å². The van der Waals surface area contributed by atoms with Crippen LogP contribution in [0.15, 0.2) is 29.1 Å². The van der Waals surface area contributed by atoms with Crippen molar-refractivity contribution in [3.63, 3.8) is 0 Å². The summed E-state index contributed by atoms with van der Waals surface area (Å²) in [5.41, 5.74) is 0.998. The van der Waals surface area contributed by atoms with Crippen LogP contribution in [0.4, 0.5) is 0 Å². The Labute approximate surface area is 126 Å². The summed E-state index contributed by atoms with van der Waals surface area (Å²) >= 11 is 3.34.